The summed E-state index contributed by atoms with van der Waals surface area (Å²) < 4.78 is 0.822. The van der Waals surface area contributed by atoms with E-state index in [-0.39, 0.29) is 6.03 Å². The molecule has 30 heavy (non-hydrogen) atoms. The lowest BCUT2D eigenvalue weighted by Gasteiger charge is -2.07. The van der Waals surface area contributed by atoms with Gasteiger partial charge in [0.2, 0.25) is 0 Å². The van der Waals surface area contributed by atoms with Gasteiger partial charge in [0.25, 0.3) is 0 Å². The van der Waals surface area contributed by atoms with Crippen LogP contribution in [0.2, 0.25) is 0 Å². The summed E-state index contributed by atoms with van der Waals surface area (Å²) in [6, 6.07) is 14.6. The minimum atomic E-state index is -0.384. The molecule has 0 fully saturated rings. The van der Waals surface area contributed by atoms with E-state index in [0.29, 0.717) is 16.3 Å². The van der Waals surface area contributed by atoms with Gasteiger partial charge in [0.1, 0.15) is 5.00 Å². The number of thiazole rings is 1. The van der Waals surface area contributed by atoms with Gasteiger partial charge in [0.05, 0.1) is 23.3 Å². The summed E-state index contributed by atoms with van der Waals surface area (Å²) in [4.78, 5) is 22.2. The highest BCUT2D eigenvalue weighted by molar-refractivity contribution is 8.01. The lowest BCUT2D eigenvalue weighted by Crippen LogP contribution is -2.18. The van der Waals surface area contributed by atoms with Crippen LogP contribution in [0.15, 0.2) is 64.1 Å². The average molecular weight is 432 g/mol. The quantitative estimate of drug-likeness (QED) is 0.415. The SMILES string of the molecule is Cc1cc2nccc(Sc3ncc(NC(=O)Nc4cccc(C#N)c4)s3)c2cc1C. The Morgan fingerprint density at radius 1 is 1.10 bits per heavy atom. The Morgan fingerprint density at radius 2 is 1.93 bits per heavy atom. The number of hydrogen-bond donors (Lipinski definition) is 2. The molecule has 8 heteroatoms. The first-order valence-electron chi connectivity index (χ1n) is 9.09. The Balaban J connectivity index is 1.47. The second-order valence-electron chi connectivity index (χ2n) is 6.63. The zero-order valence-corrected chi connectivity index (χ0v) is 17.9. The predicted octanol–water partition coefficient (Wildman–Crippen LogP) is 5.98. The Hall–Kier alpha value is -3.41. The van der Waals surface area contributed by atoms with Gasteiger partial charge >= 0.3 is 6.03 Å². The van der Waals surface area contributed by atoms with Gasteiger partial charge < -0.3 is 5.32 Å². The van der Waals surface area contributed by atoms with Crippen LogP contribution in [0, 0.1) is 25.2 Å². The minimum Gasteiger partial charge on any atom is -0.308 e. The lowest BCUT2D eigenvalue weighted by atomic mass is 10.1. The number of carbonyl (C=O) groups is 1. The van der Waals surface area contributed by atoms with Crippen LogP contribution in [0.3, 0.4) is 0 Å². The standard InChI is InChI=1S/C22H17N5OS2/c1-13-8-17-18(9-14(13)2)24-7-6-19(17)29-22-25-12-20(30-22)27-21(28)26-16-5-3-4-15(10-16)11-23/h3-10,12H,1-2H3,(H2,26,27,28). The second kappa shape index (κ2) is 8.53. The number of aryl methyl sites for hydroxylation is 2. The van der Waals surface area contributed by atoms with Crippen molar-refractivity contribution in [2.75, 3.05) is 10.6 Å². The van der Waals surface area contributed by atoms with Crippen molar-refractivity contribution in [2.24, 2.45) is 0 Å². The summed E-state index contributed by atoms with van der Waals surface area (Å²) in [5.74, 6) is 0. The van der Waals surface area contributed by atoms with Crippen LogP contribution >= 0.6 is 23.1 Å². The van der Waals surface area contributed by atoms with Crippen LogP contribution in [-0.4, -0.2) is 16.0 Å². The number of fused-ring (bicyclic) bond motifs is 1. The molecule has 6 nitrogen and oxygen atoms in total. The van der Waals surface area contributed by atoms with E-state index in [4.69, 9.17) is 5.26 Å². The number of anilines is 2. The zero-order valence-electron chi connectivity index (χ0n) is 16.3. The van der Waals surface area contributed by atoms with Crippen molar-refractivity contribution in [3.8, 4) is 6.07 Å². The van der Waals surface area contributed by atoms with Gasteiger partial charge in [-0.3, -0.25) is 10.3 Å². The number of nitriles is 1. The highest BCUT2D eigenvalue weighted by atomic mass is 32.2. The number of rotatable bonds is 4. The van der Waals surface area contributed by atoms with Crippen molar-refractivity contribution in [1.29, 1.82) is 5.26 Å². The molecular formula is C22H17N5OS2. The van der Waals surface area contributed by atoms with Crippen molar-refractivity contribution in [2.45, 2.75) is 23.1 Å². The van der Waals surface area contributed by atoms with Gasteiger partial charge in [0.15, 0.2) is 4.34 Å². The lowest BCUT2D eigenvalue weighted by molar-refractivity contribution is 0.262. The zero-order chi connectivity index (χ0) is 21.1. The predicted molar refractivity (Wildman–Crippen MR) is 121 cm³/mol. The van der Waals surface area contributed by atoms with E-state index in [1.807, 2.05) is 12.1 Å². The normalized spacial score (nSPS) is 10.6. The van der Waals surface area contributed by atoms with Crippen molar-refractivity contribution in [1.82, 2.24) is 9.97 Å². The molecule has 0 spiro atoms. The van der Waals surface area contributed by atoms with Gasteiger partial charge in [-0.1, -0.05) is 29.2 Å². The highest BCUT2D eigenvalue weighted by Crippen LogP contribution is 2.37. The molecule has 2 N–H and O–H groups in total. The van der Waals surface area contributed by atoms with E-state index < -0.39 is 0 Å². The monoisotopic (exact) mass is 431 g/mol. The topological polar surface area (TPSA) is 90.7 Å². The summed E-state index contributed by atoms with van der Waals surface area (Å²) in [5, 5.41) is 16.2. The molecule has 4 aromatic rings. The number of nitrogens with zero attached hydrogens (tertiary/aromatic N) is 3. The first-order valence-corrected chi connectivity index (χ1v) is 10.7. The first-order chi connectivity index (χ1) is 14.5. The Morgan fingerprint density at radius 3 is 2.77 bits per heavy atom. The molecule has 2 amide bonds. The molecule has 0 atom stereocenters. The molecule has 4 rings (SSSR count). The molecule has 0 aliphatic rings. The summed E-state index contributed by atoms with van der Waals surface area (Å²) in [6.07, 6.45) is 3.44. The number of pyridine rings is 1. The van der Waals surface area contributed by atoms with E-state index in [9.17, 15) is 4.79 Å². The van der Waals surface area contributed by atoms with E-state index in [1.165, 1.54) is 22.5 Å². The van der Waals surface area contributed by atoms with Crippen LogP contribution in [0.4, 0.5) is 15.5 Å². The maximum Gasteiger partial charge on any atom is 0.324 e. The third kappa shape index (κ3) is 4.43. The van der Waals surface area contributed by atoms with Crippen molar-refractivity contribution in [3.05, 3.63) is 71.5 Å². The van der Waals surface area contributed by atoms with Crippen LogP contribution in [0.1, 0.15) is 16.7 Å². The number of carbonyl (C=O) groups excluding carboxylic acids is 1. The molecule has 148 valence electrons. The number of urea groups is 1. The molecule has 2 aromatic heterocycles. The maximum atomic E-state index is 12.3. The van der Waals surface area contributed by atoms with E-state index in [0.717, 1.165) is 20.1 Å². The second-order valence-corrected chi connectivity index (χ2v) is 8.95. The first kappa shape index (κ1) is 19.9. The summed E-state index contributed by atoms with van der Waals surface area (Å²) >= 11 is 2.95. The third-order valence-electron chi connectivity index (χ3n) is 4.49. The van der Waals surface area contributed by atoms with E-state index in [2.05, 4.69) is 46.6 Å². The van der Waals surface area contributed by atoms with Crippen LogP contribution in [0.25, 0.3) is 10.9 Å². The number of nitrogens with one attached hydrogen (secondary N) is 2. The molecule has 0 saturated heterocycles. The summed E-state index contributed by atoms with van der Waals surface area (Å²) in [6.45, 7) is 4.17. The number of amides is 2. The van der Waals surface area contributed by atoms with Crippen molar-refractivity contribution in [3.63, 3.8) is 0 Å². The Bertz CT molecular complexity index is 1290. The Labute approximate surface area is 182 Å². The Kier molecular flexibility index (Phi) is 5.65. The van der Waals surface area contributed by atoms with Gasteiger partial charge in [-0.05, 0) is 61.4 Å². The maximum absolute atomic E-state index is 12.3. The molecule has 2 heterocycles. The summed E-state index contributed by atoms with van der Waals surface area (Å²) in [7, 11) is 0. The fourth-order valence-electron chi connectivity index (χ4n) is 2.87. The highest BCUT2D eigenvalue weighted by Gasteiger charge is 2.11. The van der Waals surface area contributed by atoms with Gasteiger partial charge in [0, 0.05) is 22.2 Å². The van der Waals surface area contributed by atoms with Crippen molar-refractivity contribution >= 4 is 50.7 Å². The number of aromatic nitrogens is 2. The van der Waals surface area contributed by atoms with E-state index >= 15 is 0 Å². The average Bonchev–Trinajstić information content (AvgIpc) is 3.16. The number of benzene rings is 2. The van der Waals surface area contributed by atoms with Gasteiger partial charge in [-0.15, -0.1) is 0 Å². The molecule has 0 aliphatic carbocycles. The molecule has 0 saturated carbocycles. The van der Waals surface area contributed by atoms with Crippen molar-refractivity contribution < 1.29 is 4.79 Å². The summed E-state index contributed by atoms with van der Waals surface area (Å²) in [5.41, 5.74) is 4.43. The third-order valence-corrected chi connectivity index (χ3v) is 6.55. The fraction of sp³-hybridized carbons (Fsp3) is 0.0909. The largest absolute Gasteiger partial charge is 0.324 e. The minimum absolute atomic E-state index is 0.384. The molecular weight excluding hydrogens is 414 g/mol. The van der Waals surface area contributed by atoms with Crippen LogP contribution in [-0.2, 0) is 0 Å². The molecule has 0 unspecified atom stereocenters. The van der Waals surface area contributed by atoms with E-state index in [1.54, 1.807) is 48.4 Å². The molecule has 2 aromatic carbocycles. The smallest absolute Gasteiger partial charge is 0.308 e. The van der Waals surface area contributed by atoms with Crippen LogP contribution < -0.4 is 10.6 Å². The molecule has 0 radical (unpaired) electrons. The number of hydrogen-bond acceptors (Lipinski definition) is 6. The van der Waals surface area contributed by atoms with Gasteiger partial charge in [-0.2, -0.15) is 5.26 Å². The van der Waals surface area contributed by atoms with Crippen LogP contribution in [0.5, 0.6) is 0 Å². The fourth-order valence-corrected chi connectivity index (χ4v) is 4.81. The molecule has 0 bridgehead atoms. The van der Waals surface area contributed by atoms with Gasteiger partial charge in [-0.25, -0.2) is 9.78 Å². The molecule has 0 aliphatic heterocycles.